The molecule has 14 heavy (non-hydrogen) atoms. The maximum absolute atomic E-state index is 9.53. The van der Waals surface area contributed by atoms with Gasteiger partial charge in [0.2, 0.25) is 0 Å². The monoisotopic (exact) mass is 197 g/mol. The minimum atomic E-state index is -0.508. The topological polar surface area (TPSA) is 52.5 Å². The van der Waals surface area contributed by atoms with Gasteiger partial charge >= 0.3 is 0 Å². The van der Waals surface area contributed by atoms with E-state index in [1.165, 1.54) is 6.20 Å². The summed E-state index contributed by atoms with van der Waals surface area (Å²) in [6, 6.07) is 0. The molecule has 1 unspecified atom stereocenters. The zero-order chi connectivity index (χ0) is 11.0. The molecule has 0 radical (unpaired) electrons. The Balaban J connectivity index is 3.95. The molecule has 0 aromatic carbocycles. The van der Waals surface area contributed by atoms with E-state index in [1.54, 1.807) is 6.08 Å². The lowest BCUT2D eigenvalue weighted by atomic mass is 10.1. The number of rotatable bonds is 6. The third kappa shape index (κ3) is 5.43. The first kappa shape index (κ1) is 12.8. The average molecular weight is 197 g/mol. The van der Waals surface area contributed by atoms with Crippen molar-refractivity contribution in [3.8, 4) is 0 Å². The van der Waals surface area contributed by atoms with Crippen LogP contribution in [0.2, 0.25) is 0 Å². The molecule has 3 heteroatoms. The van der Waals surface area contributed by atoms with E-state index in [9.17, 15) is 10.2 Å². The van der Waals surface area contributed by atoms with Crippen LogP contribution in [0.25, 0.3) is 0 Å². The fourth-order valence-corrected chi connectivity index (χ4v) is 0.875. The van der Waals surface area contributed by atoms with Gasteiger partial charge in [-0.1, -0.05) is 12.7 Å². The number of aliphatic hydroxyl groups excluding tert-OH is 2. The first-order chi connectivity index (χ1) is 6.61. The Morgan fingerprint density at radius 1 is 1.57 bits per heavy atom. The van der Waals surface area contributed by atoms with Gasteiger partial charge in [0.1, 0.15) is 5.76 Å². The van der Waals surface area contributed by atoms with Crippen LogP contribution in [0.3, 0.4) is 0 Å². The van der Waals surface area contributed by atoms with Gasteiger partial charge in [-0.3, -0.25) is 0 Å². The van der Waals surface area contributed by atoms with Gasteiger partial charge in [-0.05, 0) is 38.1 Å². The van der Waals surface area contributed by atoms with Gasteiger partial charge in [0, 0.05) is 0 Å². The summed E-state index contributed by atoms with van der Waals surface area (Å²) in [6.45, 7) is 7.55. The Kier molecular flexibility index (Phi) is 6.58. The molecule has 0 heterocycles. The van der Waals surface area contributed by atoms with E-state index in [1.807, 2.05) is 19.9 Å². The molecule has 0 aromatic heterocycles. The van der Waals surface area contributed by atoms with Crippen molar-refractivity contribution in [2.45, 2.75) is 26.4 Å². The van der Waals surface area contributed by atoms with E-state index < -0.39 is 6.10 Å². The minimum absolute atomic E-state index is 0.216. The molecule has 0 rings (SSSR count). The zero-order valence-corrected chi connectivity index (χ0v) is 8.83. The van der Waals surface area contributed by atoms with Gasteiger partial charge in [0.25, 0.3) is 0 Å². The highest BCUT2D eigenvalue weighted by Crippen LogP contribution is 2.06. The Labute approximate surface area is 85.5 Å². The molecule has 0 fully saturated rings. The van der Waals surface area contributed by atoms with Crippen molar-refractivity contribution < 1.29 is 10.2 Å². The smallest absolute Gasteiger partial charge is 0.107 e. The quantitative estimate of drug-likeness (QED) is 0.450. The van der Waals surface area contributed by atoms with Crippen molar-refractivity contribution in [1.29, 1.82) is 0 Å². The van der Waals surface area contributed by atoms with Crippen LogP contribution in [-0.2, 0) is 0 Å². The second-order valence-electron chi connectivity index (χ2n) is 3.06. The number of hydrogen-bond donors (Lipinski definition) is 3. The second-order valence-corrected chi connectivity index (χ2v) is 3.06. The van der Waals surface area contributed by atoms with Crippen LogP contribution in [0.15, 0.2) is 36.3 Å². The maximum Gasteiger partial charge on any atom is 0.107 e. The molecule has 3 nitrogen and oxygen atoms in total. The normalized spacial score (nSPS) is 15.1. The molecule has 0 amide bonds. The lowest BCUT2D eigenvalue weighted by Gasteiger charge is -2.08. The van der Waals surface area contributed by atoms with Gasteiger partial charge in [-0.25, -0.2) is 0 Å². The summed E-state index contributed by atoms with van der Waals surface area (Å²) < 4.78 is 0. The Morgan fingerprint density at radius 2 is 2.21 bits per heavy atom. The molecule has 0 spiro atoms. The maximum atomic E-state index is 9.53. The van der Waals surface area contributed by atoms with Gasteiger partial charge in [-0.2, -0.15) is 0 Å². The molecule has 0 aliphatic heterocycles. The van der Waals surface area contributed by atoms with E-state index in [0.717, 1.165) is 5.57 Å². The molecular formula is C11H19NO2. The molecular weight excluding hydrogens is 178 g/mol. The van der Waals surface area contributed by atoms with Gasteiger partial charge < -0.3 is 15.5 Å². The summed E-state index contributed by atoms with van der Waals surface area (Å²) in [7, 11) is 0. The number of aliphatic hydroxyl groups is 2. The van der Waals surface area contributed by atoms with Crippen LogP contribution in [0.5, 0.6) is 0 Å². The predicted octanol–water partition coefficient (Wildman–Crippen LogP) is 1.88. The predicted molar refractivity (Wildman–Crippen MR) is 59.0 cm³/mol. The van der Waals surface area contributed by atoms with Crippen LogP contribution in [0.4, 0.5) is 0 Å². The van der Waals surface area contributed by atoms with Crippen LogP contribution < -0.4 is 5.32 Å². The summed E-state index contributed by atoms with van der Waals surface area (Å²) in [5, 5.41) is 21.6. The van der Waals surface area contributed by atoms with Gasteiger partial charge in [-0.15, -0.1) is 0 Å². The van der Waals surface area contributed by atoms with E-state index in [-0.39, 0.29) is 5.76 Å². The number of hydrogen-bond acceptors (Lipinski definition) is 3. The third-order valence-corrected chi connectivity index (χ3v) is 1.99. The van der Waals surface area contributed by atoms with Crippen molar-refractivity contribution in [1.82, 2.24) is 5.32 Å². The number of nitrogens with one attached hydrogen (secondary N) is 1. The first-order valence-electron chi connectivity index (χ1n) is 4.65. The molecule has 0 aliphatic carbocycles. The van der Waals surface area contributed by atoms with Crippen LogP contribution in [0.1, 0.15) is 20.3 Å². The lowest BCUT2D eigenvalue weighted by molar-refractivity contribution is 0.212. The molecule has 0 bridgehead atoms. The van der Waals surface area contributed by atoms with Crippen molar-refractivity contribution in [3.05, 3.63) is 36.3 Å². The van der Waals surface area contributed by atoms with Gasteiger partial charge in [0.05, 0.1) is 12.6 Å². The van der Waals surface area contributed by atoms with Gasteiger partial charge in [0.15, 0.2) is 0 Å². The van der Waals surface area contributed by atoms with E-state index in [2.05, 4.69) is 11.9 Å². The molecule has 1 atom stereocenters. The Morgan fingerprint density at radius 3 is 2.71 bits per heavy atom. The summed E-state index contributed by atoms with van der Waals surface area (Å²) >= 11 is 0. The Bertz CT molecular complexity index is 231. The summed E-state index contributed by atoms with van der Waals surface area (Å²) in [4.78, 5) is 0. The highest BCUT2D eigenvalue weighted by Gasteiger charge is 2.03. The van der Waals surface area contributed by atoms with E-state index >= 15 is 0 Å². The highest BCUT2D eigenvalue weighted by atomic mass is 16.3. The van der Waals surface area contributed by atoms with E-state index in [0.29, 0.717) is 13.0 Å². The summed E-state index contributed by atoms with van der Waals surface area (Å²) in [5.41, 5.74) is 0.908. The fraction of sp³-hybridized carbons (Fsp3) is 0.455. The van der Waals surface area contributed by atoms with Crippen molar-refractivity contribution in [2.24, 2.45) is 0 Å². The standard InChI is InChI=1S/C11H19NO2/c1-4-9(3)11(14)7-6-10(13)8-12-5-2/h4-6,11-14H,2,7-8H2,1,3H3/b9-4+,10-6+. The lowest BCUT2D eigenvalue weighted by Crippen LogP contribution is -2.11. The summed E-state index contributed by atoms with van der Waals surface area (Å²) in [6.07, 6.45) is 4.90. The van der Waals surface area contributed by atoms with Crippen LogP contribution in [0, 0.1) is 0 Å². The van der Waals surface area contributed by atoms with Crippen molar-refractivity contribution >= 4 is 0 Å². The number of allylic oxidation sites excluding steroid dienone is 1. The minimum Gasteiger partial charge on any atom is -0.511 e. The first-order valence-corrected chi connectivity index (χ1v) is 4.65. The molecule has 0 saturated heterocycles. The summed E-state index contributed by atoms with van der Waals surface area (Å²) in [5.74, 6) is 0.216. The average Bonchev–Trinajstić information content (AvgIpc) is 2.21. The highest BCUT2D eigenvalue weighted by molar-refractivity contribution is 5.06. The fourth-order valence-electron chi connectivity index (χ4n) is 0.875. The van der Waals surface area contributed by atoms with E-state index in [4.69, 9.17) is 0 Å². The molecule has 0 aliphatic rings. The van der Waals surface area contributed by atoms with Crippen LogP contribution >= 0.6 is 0 Å². The third-order valence-electron chi connectivity index (χ3n) is 1.99. The molecule has 3 N–H and O–H groups in total. The second kappa shape index (κ2) is 7.21. The Hall–Kier alpha value is -1.22. The molecule has 0 saturated carbocycles. The SMILES string of the molecule is C=CNC/C(O)=C\CC(O)/C(C)=C/C. The molecule has 0 aromatic rings. The van der Waals surface area contributed by atoms with Crippen LogP contribution in [-0.4, -0.2) is 22.9 Å². The zero-order valence-electron chi connectivity index (χ0n) is 8.83. The largest absolute Gasteiger partial charge is 0.511 e. The van der Waals surface area contributed by atoms with Crippen molar-refractivity contribution in [2.75, 3.05) is 6.54 Å². The molecule has 80 valence electrons. The van der Waals surface area contributed by atoms with Crippen molar-refractivity contribution in [3.63, 3.8) is 0 Å².